The zero-order valence-electron chi connectivity index (χ0n) is 9.89. The first-order valence-electron chi connectivity index (χ1n) is 5.78. The SMILES string of the molecule is N#CCNC(=O)C[S+]([O-])C1Cc2ccccc2C1. The maximum absolute atomic E-state index is 12.1. The Morgan fingerprint density at radius 1 is 1.44 bits per heavy atom. The molecule has 0 radical (unpaired) electrons. The van der Waals surface area contributed by atoms with Gasteiger partial charge in [0.1, 0.15) is 11.8 Å². The van der Waals surface area contributed by atoms with Crippen LogP contribution in [0.25, 0.3) is 0 Å². The zero-order valence-corrected chi connectivity index (χ0v) is 10.7. The van der Waals surface area contributed by atoms with Gasteiger partial charge in [-0.1, -0.05) is 24.3 Å². The molecule has 1 N–H and O–H groups in total. The number of hydrogen-bond acceptors (Lipinski definition) is 3. The fourth-order valence-corrected chi connectivity index (χ4v) is 3.47. The quantitative estimate of drug-likeness (QED) is 0.635. The summed E-state index contributed by atoms with van der Waals surface area (Å²) in [6.45, 7) is -0.0269. The summed E-state index contributed by atoms with van der Waals surface area (Å²) < 4.78 is 12.1. The van der Waals surface area contributed by atoms with Crippen molar-refractivity contribution >= 4 is 17.1 Å². The molecular formula is C13H14N2O2S. The number of rotatable bonds is 4. The van der Waals surface area contributed by atoms with Gasteiger partial charge in [-0.05, 0) is 22.3 Å². The van der Waals surface area contributed by atoms with E-state index in [-0.39, 0.29) is 23.5 Å². The zero-order chi connectivity index (χ0) is 13.0. The van der Waals surface area contributed by atoms with Crippen molar-refractivity contribution < 1.29 is 9.35 Å². The molecule has 0 heterocycles. The molecule has 1 aliphatic rings. The third-order valence-electron chi connectivity index (χ3n) is 3.02. The Balaban J connectivity index is 1.88. The number of fused-ring (bicyclic) bond motifs is 1. The first-order valence-corrected chi connectivity index (χ1v) is 7.16. The predicted molar refractivity (Wildman–Crippen MR) is 69.3 cm³/mol. The van der Waals surface area contributed by atoms with Crippen LogP contribution in [0.2, 0.25) is 0 Å². The summed E-state index contributed by atoms with van der Waals surface area (Å²) in [4.78, 5) is 11.4. The molecular weight excluding hydrogens is 248 g/mol. The molecule has 1 unspecified atom stereocenters. The number of benzene rings is 1. The lowest BCUT2D eigenvalue weighted by Crippen LogP contribution is -2.35. The van der Waals surface area contributed by atoms with E-state index < -0.39 is 11.2 Å². The maximum atomic E-state index is 12.1. The van der Waals surface area contributed by atoms with Crippen LogP contribution >= 0.6 is 0 Å². The molecule has 1 amide bonds. The molecule has 1 aromatic rings. The van der Waals surface area contributed by atoms with Crippen molar-refractivity contribution in [3.8, 4) is 6.07 Å². The normalized spacial score (nSPS) is 15.8. The number of nitrogens with one attached hydrogen (secondary N) is 1. The highest BCUT2D eigenvalue weighted by Crippen LogP contribution is 2.26. The number of nitriles is 1. The summed E-state index contributed by atoms with van der Waals surface area (Å²) in [6.07, 6.45) is 1.54. The number of carbonyl (C=O) groups excluding carboxylic acids is 1. The molecule has 0 bridgehead atoms. The average molecular weight is 262 g/mol. The molecule has 4 nitrogen and oxygen atoms in total. The van der Waals surface area contributed by atoms with Crippen LogP contribution in [0.4, 0.5) is 0 Å². The lowest BCUT2D eigenvalue weighted by Gasteiger charge is -2.16. The highest BCUT2D eigenvalue weighted by atomic mass is 32.2. The topological polar surface area (TPSA) is 76.0 Å². The lowest BCUT2D eigenvalue weighted by atomic mass is 10.1. The Morgan fingerprint density at radius 3 is 2.61 bits per heavy atom. The van der Waals surface area contributed by atoms with E-state index >= 15 is 0 Å². The smallest absolute Gasteiger partial charge is 0.270 e. The van der Waals surface area contributed by atoms with Crippen LogP contribution in [-0.4, -0.2) is 28.0 Å². The molecule has 0 saturated carbocycles. The summed E-state index contributed by atoms with van der Waals surface area (Å²) in [6, 6.07) is 9.86. The summed E-state index contributed by atoms with van der Waals surface area (Å²) in [5.41, 5.74) is 2.46. The molecule has 1 atom stereocenters. The first-order chi connectivity index (χ1) is 8.70. The summed E-state index contributed by atoms with van der Waals surface area (Å²) in [7, 11) is 0. The minimum Gasteiger partial charge on any atom is -0.616 e. The Bertz CT molecular complexity index is 459. The van der Waals surface area contributed by atoms with Crippen molar-refractivity contribution in [1.82, 2.24) is 5.32 Å². The van der Waals surface area contributed by atoms with Crippen LogP contribution in [0.3, 0.4) is 0 Å². The fourth-order valence-electron chi connectivity index (χ4n) is 2.14. The van der Waals surface area contributed by atoms with Gasteiger partial charge in [0.25, 0.3) is 5.91 Å². The van der Waals surface area contributed by atoms with E-state index in [0.29, 0.717) is 0 Å². The van der Waals surface area contributed by atoms with Crippen molar-refractivity contribution in [3.63, 3.8) is 0 Å². The van der Waals surface area contributed by atoms with E-state index in [1.807, 2.05) is 30.3 Å². The Labute approximate surface area is 109 Å². The third kappa shape index (κ3) is 3.03. The van der Waals surface area contributed by atoms with Gasteiger partial charge < -0.3 is 9.87 Å². The van der Waals surface area contributed by atoms with Crippen molar-refractivity contribution in [2.45, 2.75) is 18.1 Å². The van der Waals surface area contributed by atoms with Crippen molar-refractivity contribution in [3.05, 3.63) is 35.4 Å². The Kier molecular flexibility index (Phi) is 4.24. The van der Waals surface area contributed by atoms with Gasteiger partial charge in [-0.25, -0.2) is 0 Å². The largest absolute Gasteiger partial charge is 0.616 e. The average Bonchev–Trinajstić information content (AvgIpc) is 2.80. The summed E-state index contributed by atoms with van der Waals surface area (Å²) in [5, 5.41) is 10.8. The number of nitrogens with zero attached hydrogens (tertiary/aromatic N) is 1. The summed E-state index contributed by atoms with van der Waals surface area (Å²) >= 11 is -1.18. The van der Waals surface area contributed by atoms with Gasteiger partial charge in [0, 0.05) is 12.8 Å². The van der Waals surface area contributed by atoms with Crippen molar-refractivity contribution in [2.24, 2.45) is 0 Å². The summed E-state index contributed by atoms with van der Waals surface area (Å²) in [5.74, 6) is -0.328. The van der Waals surface area contributed by atoms with Crippen LogP contribution in [0.1, 0.15) is 11.1 Å². The highest BCUT2D eigenvalue weighted by Gasteiger charge is 2.31. The molecule has 0 aliphatic heterocycles. The molecule has 2 rings (SSSR count). The highest BCUT2D eigenvalue weighted by molar-refractivity contribution is 7.92. The molecule has 5 heteroatoms. The molecule has 0 fully saturated rings. The van der Waals surface area contributed by atoms with Crippen LogP contribution in [0, 0.1) is 11.3 Å². The van der Waals surface area contributed by atoms with Crippen molar-refractivity contribution in [1.29, 1.82) is 5.26 Å². The molecule has 94 valence electrons. The van der Waals surface area contributed by atoms with Gasteiger partial charge in [0.05, 0.1) is 6.07 Å². The molecule has 1 aromatic carbocycles. The second-order valence-electron chi connectivity index (χ2n) is 4.26. The number of carbonyl (C=O) groups is 1. The molecule has 0 saturated heterocycles. The second-order valence-corrected chi connectivity index (χ2v) is 5.98. The van der Waals surface area contributed by atoms with E-state index in [1.54, 1.807) is 0 Å². The predicted octanol–water partition coefficient (Wildman–Crippen LogP) is 0.542. The van der Waals surface area contributed by atoms with Gasteiger partial charge in [-0.15, -0.1) is 0 Å². The second kappa shape index (κ2) is 5.89. The molecule has 0 spiro atoms. The van der Waals surface area contributed by atoms with E-state index in [4.69, 9.17) is 5.26 Å². The van der Waals surface area contributed by atoms with Crippen LogP contribution in [0.15, 0.2) is 24.3 Å². The minimum atomic E-state index is -1.18. The first kappa shape index (κ1) is 12.9. The fraction of sp³-hybridized carbons (Fsp3) is 0.385. The van der Waals surface area contributed by atoms with Gasteiger partial charge in [0.2, 0.25) is 0 Å². The Morgan fingerprint density at radius 2 is 2.06 bits per heavy atom. The van der Waals surface area contributed by atoms with Crippen LogP contribution in [0.5, 0.6) is 0 Å². The monoisotopic (exact) mass is 262 g/mol. The van der Waals surface area contributed by atoms with Gasteiger partial charge in [0.15, 0.2) is 5.75 Å². The van der Waals surface area contributed by atoms with Crippen LogP contribution < -0.4 is 5.32 Å². The maximum Gasteiger partial charge on any atom is 0.270 e. The van der Waals surface area contributed by atoms with E-state index in [1.165, 1.54) is 11.1 Å². The lowest BCUT2D eigenvalue weighted by molar-refractivity contribution is -0.118. The number of amides is 1. The third-order valence-corrected chi connectivity index (χ3v) is 4.65. The van der Waals surface area contributed by atoms with Crippen LogP contribution in [-0.2, 0) is 28.8 Å². The minimum absolute atomic E-state index is 0.0136. The Hall–Kier alpha value is -1.51. The standard InChI is InChI=1S/C13H14N2O2S/c14-5-6-15-13(16)9-18(17)12-7-10-3-1-2-4-11(10)8-12/h1-4,12H,6-9H2,(H,15,16). The van der Waals surface area contributed by atoms with E-state index in [0.717, 1.165) is 12.8 Å². The van der Waals surface area contributed by atoms with Crippen molar-refractivity contribution in [2.75, 3.05) is 12.3 Å². The molecule has 18 heavy (non-hydrogen) atoms. The van der Waals surface area contributed by atoms with E-state index in [2.05, 4.69) is 5.32 Å². The van der Waals surface area contributed by atoms with Gasteiger partial charge >= 0.3 is 0 Å². The molecule has 0 aromatic heterocycles. The molecule has 1 aliphatic carbocycles. The van der Waals surface area contributed by atoms with Gasteiger partial charge in [-0.2, -0.15) is 5.26 Å². The van der Waals surface area contributed by atoms with Gasteiger partial charge in [-0.3, -0.25) is 4.79 Å². The number of hydrogen-bond donors (Lipinski definition) is 1. The van der Waals surface area contributed by atoms with E-state index in [9.17, 15) is 9.35 Å².